The molecule has 2 aromatic rings. The molecule has 0 spiro atoms. The van der Waals surface area contributed by atoms with Crippen molar-refractivity contribution < 1.29 is 13.9 Å². The third-order valence-electron chi connectivity index (χ3n) is 7.39. The molecule has 3 rings (SSSR count). The molecule has 35 heavy (non-hydrogen) atoms. The van der Waals surface area contributed by atoms with Gasteiger partial charge in [-0.3, -0.25) is 0 Å². The van der Waals surface area contributed by atoms with Crippen LogP contribution in [0.2, 0.25) is 0 Å². The molecule has 1 aromatic heterocycles. The van der Waals surface area contributed by atoms with Gasteiger partial charge in [-0.05, 0) is 67.5 Å². The average Bonchev–Trinajstić information content (AvgIpc) is 2.89. The third kappa shape index (κ3) is 9.82. The lowest BCUT2D eigenvalue weighted by Crippen LogP contribution is -2.20. The van der Waals surface area contributed by atoms with E-state index >= 15 is 0 Å². The molecule has 1 aromatic carbocycles. The Morgan fingerprint density at radius 3 is 2.11 bits per heavy atom. The predicted octanol–water partition coefficient (Wildman–Crippen LogP) is 9.39. The van der Waals surface area contributed by atoms with E-state index in [9.17, 15) is 4.39 Å². The number of nitrogens with zero attached hydrogens (tertiary/aromatic N) is 1. The third-order valence-corrected chi connectivity index (χ3v) is 7.39. The molecule has 3 nitrogen and oxygen atoms in total. The lowest BCUT2D eigenvalue weighted by Gasteiger charge is -2.28. The number of hydrogen-bond donors (Lipinski definition) is 0. The fourth-order valence-electron chi connectivity index (χ4n) is 5.06. The second kappa shape index (κ2) is 15.8. The van der Waals surface area contributed by atoms with Crippen LogP contribution in [0.3, 0.4) is 0 Å². The van der Waals surface area contributed by atoms with Crippen molar-refractivity contribution in [3.8, 4) is 22.8 Å². The van der Waals surface area contributed by atoms with E-state index in [1.807, 2.05) is 30.3 Å². The summed E-state index contributed by atoms with van der Waals surface area (Å²) < 4.78 is 26.4. The monoisotopic (exact) mass is 483 g/mol. The van der Waals surface area contributed by atoms with Crippen LogP contribution >= 0.6 is 0 Å². The maximum atomic E-state index is 14.7. The zero-order valence-electron chi connectivity index (χ0n) is 22.1. The molecule has 4 heteroatoms. The Labute approximate surface area is 212 Å². The molecule has 0 bridgehead atoms. The van der Waals surface area contributed by atoms with Crippen LogP contribution in [0.1, 0.15) is 104 Å². The maximum absolute atomic E-state index is 14.7. The molecule has 1 aliphatic carbocycles. The smallest absolute Gasteiger partial charge is 0.255 e. The van der Waals surface area contributed by atoms with E-state index in [2.05, 4.69) is 18.8 Å². The number of benzene rings is 1. The average molecular weight is 484 g/mol. The molecule has 0 atom stereocenters. The molecule has 1 aliphatic rings. The predicted molar refractivity (Wildman–Crippen MR) is 144 cm³/mol. The van der Waals surface area contributed by atoms with Crippen LogP contribution in [-0.4, -0.2) is 18.2 Å². The van der Waals surface area contributed by atoms with E-state index in [0.29, 0.717) is 18.2 Å². The van der Waals surface area contributed by atoms with Gasteiger partial charge in [0.25, 0.3) is 5.95 Å². The van der Waals surface area contributed by atoms with Gasteiger partial charge in [0.2, 0.25) is 0 Å². The minimum atomic E-state index is -0.529. The molecule has 0 amide bonds. The van der Waals surface area contributed by atoms with Crippen molar-refractivity contribution in [2.24, 2.45) is 11.8 Å². The first-order chi connectivity index (χ1) is 17.2. The van der Waals surface area contributed by atoms with Gasteiger partial charge in [0.15, 0.2) is 5.75 Å². The highest BCUT2D eigenvalue weighted by atomic mass is 19.1. The van der Waals surface area contributed by atoms with E-state index in [1.54, 1.807) is 6.07 Å². The van der Waals surface area contributed by atoms with Crippen molar-refractivity contribution in [2.75, 3.05) is 13.2 Å². The molecule has 0 N–H and O–H groups in total. The SMILES string of the molecule is CCCCCCCCOc1ccc(-c2ccc(OC[C@H]3CC[C@H](CCCCC)CC3)c(F)n2)cc1. The Morgan fingerprint density at radius 2 is 1.40 bits per heavy atom. The largest absolute Gasteiger partial charge is 0.494 e. The molecule has 0 unspecified atom stereocenters. The van der Waals surface area contributed by atoms with Gasteiger partial charge in [-0.2, -0.15) is 4.39 Å². The summed E-state index contributed by atoms with van der Waals surface area (Å²) in [4.78, 5) is 4.17. The lowest BCUT2D eigenvalue weighted by atomic mass is 9.80. The summed E-state index contributed by atoms with van der Waals surface area (Å²) in [5.74, 6) is 1.99. The Balaban J connectivity index is 1.39. The summed E-state index contributed by atoms with van der Waals surface area (Å²) in [7, 11) is 0. The molecule has 1 saturated carbocycles. The van der Waals surface area contributed by atoms with Crippen molar-refractivity contribution in [2.45, 2.75) is 104 Å². The highest BCUT2D eigenvalue weighted by Crippen LogP contribution is 2.33. The zero-order valence-corrected chi connectivity index (χ0v) is 22.1. The van der Waals surface area contributed by atoms with Crippen LogP contribution in [-0.2, 0) is 0 Å². The van der Waals surface area contributed by atoms with Crippen molar-refractivity contribution in [3.63, 3.8) is 0 Å². The number of rotatable bonds is 16. The van der Waals surface area contributed by atoms with Crippen molar-refractivity contribution in [3.05, 3.63) is 42.3 Å². The second-order valence-electron chi connectivity index (χ2n) is 10.3. The summed E-state index contributed by atoms with van der Waals surface area (Å²) in [6.45, 7) is 5.83. The number of aromatic nitrogens is 1. The second-order valence-corrected chi connectivity index (χ2v) is 10.3. The van der Waals surface area contributed by atoms with E-state index in [4.69, 9.17) is 9.47 Å². The van der Waals surface area contributed by atoms with Crippen LogP contribution < -0.4 is 9.47 Å². The van der Waals surface area contributed by atoms with Gasteiger partial charge < -0.3 is 9.47 Å². The Morgan fingerprint density at radius 1 is 0.743 bits per heavy atom. The quantitative estimate of drug-likeness (QED) is 0.176. The molecule has 0 radical (unpaired) electrons. The summed E-state index contributed by atoms with van der Waals surface area (Å²) in [5, 5.41) is 0. The highest BCUT2D eigenvalue weighted by Gasteiger charge is 2.22. The van der Waals surface area contributed by atoms with Gasteiger partial charge in [0.05, 0.1) is 18.9 Å². The topological polar surface area (TPSA) is 31.4 Å². The van der Waals surface area contributed by atoms with E-state index in [-0.39, 0.29) is 5.75 Å². The standard InChI is InChI=1S/C31H46FNO2/c1-3-5-7-8-9-11-23-34-28-19-17-27(18-20-28)29-21-22-30(31(32)33-29)35-24-26-15-13-25(14-16-26)12-10-6-4-2/h17-22,25-26H,3-16,23-24H2,1-2H3/t25-,26-. The van der Waals surface area contributed by atoms with Crippen molar-refractivity contribution in [1.82, 2.24) is 4.98 Å². The first-order valence-corrected chi connectivity index (χ1v) is 14.2. The maximum Gasteiger partial charge on any atom is 0.255 e. The molecule has 1 fully saturated rings. The number of ether oxygens (including phenoxy) is 2. The van der Waals surface area contributed by atoms with E-state index < -0.39 is 5.95 Å². The number of halogens is 1. The van der Waals surface area contributed by atoms with Gasteiger partial charge in [-0.15, -0.1) is 0 Å². The minimum Gasteiger partial charge on any atom is -0.494 e. The number of pyridine rings is 1. The van der Waals surface area contributed by atoms with Crippen LogP contribution in [0.15, 0.2) is 36.4 Å². The normalized spacial score (nSPS) is 17.9. The highest BCUT2D eigenvalue weighted by molar-refractivity contribution is 5.60. The summed E-state index contributed by atoms with van der Waals surface area (Å²) in [6, 6.07) is 11.3. The van der Waals surface area contributed by atoms with Crippen LogP contribution in [0.4, 0.5) is 4.39 Å². The van der Waals surface area contributed by atoms with Crippen LogP contribution in [0.25, 0.3) is 11.3 Å². The number of unbranched alkanes of at least 4 members (excludes halogenated alkanes) is 7. The van der Waals surface area contributed by atoms with Gasteiger partial charge >= 0.3 is 0 Å². The van der Waals surface area contributed by atoms with Gasteiger partial charge in [0, 0.05) is 5.56 Å². The minimum absolute atomic E-state index is 0.262. The first-order valence-electron chi connectivity index (χ1n) is 14.2. The van der Waals surface area contributed by atoms with Crippen LogP contribution in [0.5, 0.6) is 11.5 Å². The summed E-state index contributed by atoms with van der Waals surface area (Å²) in [5.41, 5.74) is 1.49. The molecule has 0 saturated heterocycles. The molecule has 1 heterocycles. The Kier molecular flexibility index (Phi) is 12.4. The molecule has 194 valence electrons. The number of hydrogen-bond acceptors (Lipinski definition) is 3. The van der Waals surface area contributed by atoms with Crippen molar-refractivity contribution in [1.29, 1.82) is 0 Å². The molecular weight excluding hydrogens is 437 g/mol. The van der Waals surface area contributed by atoms with E-state index in [0.717, 1.165) is 30.3 Å². The Hall–Kier alpha value is -2.10. The Bertz CT molecular complexity index is 830. The van der Waals surface area contributed by atoms with Gasteiger partial charge in [-0.1, -0.05) is 84.5 Å². The van der Waals surface area contributed by atoms with E-state index in [1.165, 1.54) is 83.5 Å². The molecule has 0 aliphatic heterocycles. The lowest BCUT2D eigenvalue weighted by molar-refractivity contribution is 0.172. The first kappa shape index (κ1) is 27.5. The van der Waals surface area contributed by atoms with Gasteiger partial charge in [0.1, 0.15) is 5.75 Å². The summed E-state index contributed by atoms with van der Waals surface area (Å²) >= 11 is 0. The van der Waals surface area contributed by atoms with Crippen molar-refractivity contribution >= 4 is 0 Å². The zero-order chi connectivity index (χ0) is 24.7. The summed E-state index contributed by atoms with van der Waals surface area (Å²) in [6.07, 6.45) is 17.8. The molecular formula is C31H46FNO2. The fourth-order valence-corrected chi connectivity index (χ4v) is 5.06. The fraction of sp³-hybridized carbons (Fsp3) is 0.645. The van der Waals surface area contributed by atoms with Gasteiger partial charge in [-0.25, -0.2) is 4.98 Å². The van der Waals surface area contributed by atoms with Crippen LogP contribution in [0, 0.1) is 17.8 Å².